The number of anilines is 2. The molecule has 0 amide bonds. The SMILES string of the molecule is CCCCCCCCCCCCCN1c2ccoc2N(C)C1C(=O)O. The van der Waals surface area contributed by atoms with Crippen molar-refractivity contribution < 1.29 is 14.3 Å². The zero-order valence-electron chi connectivity index (χ0n) is 15.9. The fraction of sp³-hybridized carbons (Fsp3) is 0.750. The van der Waals surface area contributed by atoms with Crippen LogP contribution < -0.4 is 9.80 Å². The molecule has 1 aliphatic heterocycles. The summed E-state index contributed by atoms with van der Waals surface area (Å²) in [5, 5.41) is 9.50. The molecule has 1 aromatic rings. The van der Waals surface area contributed by atoms with E-state index in [0.29, 0.717) is 5.88 Å². The second-order valence-corrected chi connectivity index (χ2v) is 7.16. The van der Waals surface area contributed by atoms with E-state index in [9.17, 15) is 9.90 Å². The van der Waals surface area contributed by atoms with Gasteiger partial charge in [-0.15, -0.1) is 0 Å². The minimum Gasteiger partial charge on any atom is -0.478 e. The smallest absolute Gasteiger partial charge is 0.347 e. The van der Waals surface area contributed by atoms with Gasteiger partial charge in [-0.05, 0) is 6.42 Å². The maximum Gasteiger partial charge on any atom is 0.347 e. The van der Waals surface area contributed by atoms with Gasteiger partial charge in [0.15, 0.2) is 0 Å². The first kappa shape index (κ1) is 19.7. The zero-order valence-corrected chi connectivity index (χ0v) is 15.9. The van der Waals surface area contributed by atoms with Crippen LogP contribution in [0, 0.1) is 0 Å². The summed E-state index contributed by atoms with van der Waals surface area (Å²) < 4.78 is 5.43. The number of carboxylic acid groups (broad SMARTS) is 1. The largest absolute Gasteiger partial charge is 0.478 e. The van der Waals surface area contributed by atoms with E-state index in [1.165, 1.54) is 57.8 Å². The van der Waals surface area contributed by atoms with Gasteiger partial charge in [0, 0.05) is 19.7 Å². The Morgan fingerprint density at radius 2 is 1.60 bits per heavy atom. The fourth-order valence-corrected chi connectivity index (χ4v) is 3.72. The van der Waals surface area contributed by atoms with Crippen LogP contribution in [0.4, 0.5) is 11.6 Å². The number of furan rings is 1. The summed E-state index contributed by atoms with van der Waals surface area (Å²) in [6.45, 7) is 3.02. The van der Waals surface area contributed by atoms with E-state index in [2.05, 4.69) is 6.92 Å². The molecule has 5 heteroatoms. The molecule has 0 spiro atoms. The second kappa shape index (κ2) is 10.4. The van der Waals surface area contributed by atoms with Crippen LogP contribution in [0.25, 0.3) is 0 Å². The average Bonchev–Trinajstić information content (AvgIpc) is 3.15. The van der Waals surface area contributed by atoms with Crippen LogP contribution in [0.1, 0.15) is 77.6 Å². The predicted octanol–water partition coefficient (Wildman–Crippen LogP) is 5.26. The molecule has 1 N–H and O–H groups in total. The molecule has 0 radical (unpaired) electrons. The highest BCUT2D eigenvalue weighted by Gasteiger charge is 2.40. The van der Waals surface area contributed by atoms with Gasteiger partial charge in [-0.1, -0.05) is 71.1 Å². The first-order valence-corrected chi connectivity index (χ1v) is 9.96. The van der Waals surface area contributed by atoms with Gasteiger partial charge in [-0.3, -0.25) is 0 Å². The van der Waals surface area contributed by atoms with Crippen molar-refractivity contribution in [3.05, 3.63) is 12.3 Å². The molecule has 5 nitrogen and oxygen atoms in total. The molecule has 1 unspecified atom stereocenters. The van der Waals surface area contributed by atoms with Crippen molar-refractivity contribution >= 4 is 17.5 Å². The van der Waals surface area contributed by atoms with Crippen LogP contribution >= 0.6 is 0 Å². The van der Waals surface area contributed by atoms with E-state index in [-0.39, 0.29) is 0 Å². The van der Waals surface area contributed by atoms with E-state index in [1.807, 2.05) is 11.0 Å². The lowest BCUT2D eigenvalue weighted by Crippen LogP contribution is -2.47. The number of likely N-dealkylation sites (N-methyl/N-ethyl adjacent to an activating group) is 1. The van der Waals surface area contributed by atoms with Crippen molar-refractivity contribution in [2.75, 3.05) is 23.4 Å². The lowest BCUT2D eigenvalue weighted by molar-refractivity contribution is -0.138. The number of rotatable bonds is 13. The third-order valence-corrected chi connectivity index (χ3v) is 5.14. The maximum atomic E-state index is 11.6. The Morgan fingerprint density at radius 1 is 1.04 bits per heavy atom. The third kappa shape index (κ3) is 5.41. The van der Waals surface area contributed by atoms with Crippen molar-refractivity contribution in [3.8, 4) is 0 Å². The number of carboxylic acids is 1. The monoisotopic (exact) mass is 350 g/mol. The Hall–Kier alpha value is -1.65. The van der Waals surface area contributed by atoms with E-state index in [4.69, 9.17) is 4.42 Å². The molecule has 1 aromatic heterocycles. The van der Waals surface area contributed by atoms with Crippen LogP contribution in [0.2, 0.25) is 0 Å². The molecule has 0 saturated carbocycles. The van der Waals surface area contributed by atoms with Gasteiger partial charge in [0.2, 0.25) is 12.0 Å². The summed E-state index contributed by atoms with van der Waals surface area (Å²) >= 11 is 0. The molecular formula is C20H34N2O3. The predicted molar refractivity (Wildman–Crippen MR) is 102 cm³/mol. The van der Waals surface area contributed by atoms with Crippen molar-refractivity contribution in [3.63, 3.8) is 0 Å². The number of hydrogen-bond donors (Lipinski definition) is 1. The van der Waals surface area contributed by atoms with Gasteiger partial charge in [0.05, 0.1) is 6.26 Å². The molecule has 0 fully saturated rings. The van der Waals surface area contributed by atoms with Crippen LogP contribution in [0.5, 0.6) is 0 Å². The first-order chi connectivity index (χ1) is 12.2. The lowest BCUT2D eigenvalue weighted by Gasteiger charge is -2.26. The van der Waals surface area contributed by atoms with Crippen LogP contribution in [0.15, 0.2) is 16.7 Å². The molecule has 0 aromatic carbocycles. The average molecular weight is 351 g/mol. The zero-order chi connectivity index (χ0) is 18.1. The molecule has 2 heterocycles. The van der Waals surface area contributed by atoms with Gasteiger partial charge in [-0.2, -0.15) is 0 Å². The summed E-state index contributed by atoms with van der Waals surface area (Å²) in [6, 6.07) is 1.87. The van der Waals surface area contributed by atoms with Crippen molar-refractivity contribution in [2.45, 2.75) is 83.7 Å². The quantitative estimate of drug-likeness (QED) is 0.492. The molecule has 0 aliphatic carbocycles. The number of unbranched alkanes of at least 4 members (excludes halogenated alkanes) is 10. The van der Waals surface area contributed by atoms with Gasteiger partial charge in [-0.25, -0.2) is 4.79 Å². The molecule has 25 heavy (non-hydrogen) atoms. The van der Waals surface area contributed by atoms with E-state index in [0.717, 1.165) is 25.1 Å². The Labute approximate surface area is 152 Å². The highest BCUT2D eigenvalue weighted by Crippen LogP contribution is 2.39. The summed E-state index contributed by atoms with van der Waals surface area (Å²) in [5.41, 5.74) is 0.905. The number of nitrogens with zero attached hydrogens (tertiary/aromatic N) is 2. The lowest BCUT2D eigenvalue weighted by atomic mass is 10.1. The van der Waals surface area contributed by atoms with Crippen LogP contribution in [0.3, 0.4) is 0 Å². The minimum absolute atomic E-state index is 0.641. The summed E-state index contributed by atoms with van der Waals surface area (Å²) in [4.78, 5) is 15.2. The topological polar surface area (TPSA) is 56.9 Å². The molecule has 2 rings (SSSR count). The normalized spacial score (nSPS) is 16.5. The number of carbonyl (C=O) groups is 1. The molecular weight excluding hydrogens is 316 g/mol. The molecule has 142 valence electrons. The Bertz CT molecular complexity index is 515. The Morgan fingerprint density at radius 3 is 2.16 bits per heavy atom. The molecule has 1 atom stereocenters. The van der Waals surface area contributed by atoms with Gasteiger partial charge < -0.3 is 19.3 Å². The summed E-state index contributed by atoms with van der Waals surface area (Å²) in [5.74, 6) is -0.160. The molecule has 0 bridgehead atoms. The number of aliphatic carboxylic acids is 1. The van der Waals surface area contributed by atoms with E-state index in [1.54, 1.807) is 18.2 Å². The standard InChI is InChI=1S/C20H34N2O3/c1-3-4-5-6-7-8-9-10-11-12-13-15-22-17-14-16-25-19(17)21(2)18(22)20(23)24/h14,16,18H,3-13,15H2,1-2H3,(H,23,24). The summed E-state index contributed by atoms with van der Waals surface area (Å²) in [6.07, 6.45) is 15.3. The number of hydrogen-bond acceptors (Lipinski definition) is 4. The molecule has 0 saturated heterocycles. The molecule has 1 aliphatic rings. The van der Waals surface area contributed by atoms with E-state index >= 15 is 0 Å². The van der Waals surface area contributed by atoms with E-state index < -0.39 is 12.1 Å². The van der Waals surface area contributed by atoms with Crippen LogP contribution in [-0.2, 0) is 4.79 Å². The van der Waals surface area contributed by atoms with Gasteiger partial charge in [0.1, 0.15) is 5.69 Å². The Kier molecular flexibility index (Phi) is 8.16. The van der Waals surface area contributed by atoms with Crippen LogP contribution in [-0.4, -0.2) is 30.8 Å². The Balaban J connectivity index is 1.59. The maximum absolute atomic E-state index is 11.6. The second-order valence-electron chi connectivity index (χ2n) is 7.16. The van der Waals surface area contributed by atoms with Crippen molar-refractivity contribution in [1.29, 1.82) is 0 Å². The third-order valence-electron chi connectivity index (χ3n) is 5.14. The fourth-order valence-electron chi connectivity index (χ4n) is 3.72. The first-order valence-electron chi connectivity index (χ1n) is 9.96. The van der Waals surface area contributed by atoms with Crippen molar-refractivity contribution in [1.82, 2.24) is 0 Å². The van der Waals surface area contributed by atoms with Gasteiger partial charge in [0.25, 0.3) is 0 Å². The summed E-state index contributed by atoms with van der Waals surface area (Å²) in [7, 11) is 1.78. The highest BCUT2D eigenvalue weighted by atomic mass is 16.4. The minimum atomic E-state index is -0.822. The highest BCUT2D eigenvalue weighted by molar-refractivity contribution is 5.88. The van der Waals surface area contributed by atoms with Crippen molar-refractivity contribution in [2.24, 2.45) is 0 Å². The number of fused-ring (bicyclic) bond motifs is 1. The van der Waals surface area contributed by atoms with Gasteiger partial charge >= 0.3 is 5.97 Å².